The van der Waals surface area contributed by atoms with Gasteiger partial charge in [0, 0.05) is 13.2 Å². The predicted octanol–water partition coefficient (Wildman–Crippen LogP) is 1.08. The maximum Gasteiger partial charge on any atom is 0.146 e. The molecule has 0 aliphatic rings. The molecule has 10 heavy (non-hydrogen) atoms. The number of nitrogens with zero attached hydrogens (tertiary/aromatic N) is 1. The molecule has 0 aliphatic carbocycles. The molecule has 0 aromatic heterocycles. The molecule has 0 aromatic rings. The smallest absolute Gasteiger partial charge is 0.146 e. The van der Waals surface area contributed by atoms with Crippen LogP contribution in [-0.2, 0) is 9.47 Å². The Morgan fingerprint density at radius 2 is 2.40 bits per heavy atom. The lowest BCUT2D eigenvalue weighted by molar-refractivity contribution is -0.0285. The normalized spacial score (nSPS) is 10.0. The monoisotopic (exact) mass is 141 g/mol. The van der Waals surface area contributed by atoms with Gasteiger partial charge in [0.2, 0.25) is 0 Å². The Bertz CT molecular complexity index is 126. The molecule has 0 atom stereocenters. The molecule has 0 fully saturated rings. The first kappa shape index (κ1) is 9.15. The SMILES string of the molecule is COCOCC/C=C/C#N. The standard InChI is InChI=1S/C7H11NO2/c1-9-7-10-6-4-2-3-5-8/h2-3H,4,6-7H2,1H3/b3-2+. The number of ether oxygens (including phenoxy) is 2. The summed E-state index contributed by atoms with van der Waals surface area (Å²) in [5, 5.41) is 8.07. The molecule has 0 heterocycles. The van der Waals surface area contributed by atoms with Crippen molar-refractivity contribution in [3.63, 3.8) is 0 Å². The van der Waals surface area contributed by atoms with E-state index in [1.807, 2.05) is 6.07 Å². The maximum absolute atomic E-state index is 8.07. The molecule has 0 rings (SSSR count). The number of allylic oxidation sites excluding steroid dienone is 1. The molecular formula is C7H11NO2. The van der Waals surface area contributed by atoms with Crippen molar-refractivity contribution in [2.45, 2.75) is 6.42 Å². The van der Waals surface area contributed by atoms with Crippen molar-refractivity contribution in [2.75, 3.05) is 20.5 Å². The van der Waals surface area contributed by atoms with E-state index in [1.165, 1.54) is 6.08 Å². The van der Waals surface area contributed by atoms with Crippen LogP contribution in [0.2, 0.25) is 0 Å². The summed E-state index contributed by atoms with van der Waals surface area (Å²) in [6, 6.07) is 1.89. The highest BCUT2D eigenvalue weighted by Crippen LogP contribution is 1.84. The summed E-state index contributed by atoms with van der Waals surface area (Å²) in [6.45, 7) is 0.923. The molecule has 0 radical (unpaired) electrons. The Balaban J connectivity index is 2.92. The average molecular weight is 141 g/mol. The summed E-state index contributed by atoms with van der Waals surface area (Å²) in [7, 11) is 1.57. The number of hydrogen-bond donors (Lipinski definition) is 0. The number of hydrogen-bond acceptors (Lipinski definition) is 3. The molecule has 0 bridgehead atoms. The van der Waals surface area contributed by atoms with E-state index in [4.69, 9.17) is 10.00 Å². The van der Waals surface area contributed by atoms with Crippen LogP contribution in [0, 0.1) is 11.3 Å². The van der Waals surface area contributed by atoms with E-state index in [-0.39, 0.29) is 0 Å². The summed E-state index contributed by atoms with van der Waals surface area (Å²) in [6.07, 6.45) is 3.96. The van der Waals surface area contributed by atoms with Crippen LogP contribution in [0.25, 0.3) is 0 Å². The van der Waals surface area contributed by atoms with Gasteiger partial charge in [0.1, 0.15) is 6.79 Å². The van der Waals surface area contributed by atoms with Gasteiger partial charge in [-0.15, -0.1) is 0 Å². The topological polar surface area (TPSA) is 42.2 Å². The summed E-state index contributed by atoms with van der Waals surface area (Å²) in [5.41, 5.74) is 0. The van der Waals surface area contributed by atoms with Gasteiger partial charge in [-0.05, 0) is 6.42 Å². The first-order valence-corrected chi connectivity index (χ1v) is 3.03. The molecule has 0 spiro atoms. The number of methoxy groups -OCH3 is 1. The molecule has 0 amide bonds. The third kappa shape index (κ3) is 7.15. The zero-order chi connectivity index (χ0) is 7.66. The molecular weight excluding hydrogens is 130 g/mol. The molecule has 3 nitrogen and oxygen atoms in total. The second kappa shape index (κ2) is 8.15. The zero-order valence-electron chi connectivity index (χ0n) is 6.04. The van der Waals surface area contributed by atoms with Crippen molar-refractivity contribution in [2.24, 2.45) is 0 Å². The first-order chi connectivity index (χ1) is 4.91. The second-order valence-corrected chi connectivity index (χ2v) is 1.63. The van der Waals surface area contributed by atoms with E-state index in [9.17, 15) is 0 Å². The van der Waals surface area contributed by atoms with Gasteiger partial charge in [-0.25, -0.2) is 0 Å². The van der Waals surface area contributed by atoms with Crippen molar-refractivity contribution in [1.82, 2.24) is 0 Å². The maximum atomic E-state index is 8.07. The van der Waals surface area contributed by atoms with Crippen LogP contribution in [0.1, 0.15) is 6.42 Å². The predicted molar refractivity (Wildman–Crippen MR) is 37.2 cm³/mol. The molecule has 0 aromatic carbocycles. The minimum Gasteiger partial charge on any atom is -0.359 e. The van der Waals surface area contributed by atoms with Crippen LogP contribution in [-0.4, -0.2) is 20.5 Å². The van der Waals surface area contributed by atoms with Crippen LogP contribution in [0.3, 0.4) is 0 Å². The van der Waals surface area contributed by atoms with Crippen LogP contribution in [0.4, 0.5) is 0 Å². The van der Waals surface area contributed by atoms with Crippen LogP contribution < -0.4 is 0 Å². The minimum atomic E-state index is 0.320. The van der Waals surface area contributed by atoms with E-state index in [2.05, 4.69) is 4.74 Å². The third-order valence-electron chi connectivity index (χ3n) is 0.822. The molecule has 0 saturated carbocycles. The summed E-state index contributed by atoms with van der Waals surface area (Å²) in [4.78, 5) is 0. The van der Waals surface area contributed by atoms with Crippen LogP contribution in [0.15, 0.2) is 12.2 Å². The highest BCUT2D eigenvalue weighted by Gasteiger charge is 1.80. The van der Waals surface area contributed by atoms with E-state index in [1.54, 1.807) is 13.2 Å². The van der Waals surface area contributed by atoms with Gasteiger partial charge in [-0.3, -0.25) is 0 Å². The molecule has 56 valence electrons. The van der Waals surface area contributed by atoms with E-state index >= 15 is 0 Å². The minimum absolute atomic E-state index is 0.320. The van der Waals surface area contributed by atoms with Gasteiger partial charge >= 0.3 is 0 Å². The van der Waals surface area contributed by atoms with Gasteiger partial charge in [0.15, 0.2) is 0 Å². The van der Waals surface area contributed by atoms with Gasteiger partial charge in [0.05, 0.1) is 12.7 Å². The lowest BCUT2D eigenvalue weighted by atomic mass is 10.4. The van der Waals surface area contributed by atoms with Gasteiger partial charge in [0.25, 0.3) is 0 Å². The van der Waals surface area contributed by atoms with E-state index in [0.717, 1.165) is 6.42 Å². The van der Waals surface area contributed by atoms with Crippen LogP contribution in [0.5, 0.6) is 0 Å². The highest BCUT2D eigenvalue weighted by atomic mass is 16.7. The molecule has 0 saturated heterocycles. The summed E-state index contributed by atoms with van der Waals surface area (Å²) < 4.78 is 9.58. The zero-order valence-corrected chi connectivity index (χ0v) is 6.04. The van der Waals surface area contributed by atoms with E-state index in [0.29, 0.717) is 13.4 Å². The largest absolute Gasteiger partial charge is 0.359 e. The highest BCUT2D eigenvalue weighted by molar-refractivity contribution is 5.01. The fourth-order valence-corrected chi connectivity index (χ4v) is 0.430. The average Bonchev–Trinajstić information content (AvgIpc) is 1.97. The molecule has 0 N–H and O–H groups in total. The summed E-state index contributed by atoms with van der Waals surface area (Å²) in [5.74, 6) is 0. The third-order valence-corrected chi connectivity index (χ3v) is 0.822. The van der Waals surface area contributed by atoms with Crippen LogP contribution >= 0.6 is 0 Å². The van der Waals surface area contributed by atoms with Gasteiger partial charge < -0.3 is 9.47 Å². The lowest BCUT2D eigenvalue weighted by Crippen LogP contribution is -1.96. The fraction of sp³-hybridized carbons (Fsp3) is 0.571. The Labute approximate surface area is 60.9 Å². The fourth-order valence-electron chi connectivity index (χ4n) is 0.430. The molecule has 0 aliphatic heterocycles. The van der Waals surface area contributed by atoms with Gasteiger partial charge in [-0.1, -0.05) is 6.08 Å². The summed E-state index contributed by atoms with van der Waals surface area (Å²) >= 11 is 0. The Hall–Kier alpha value is -0.850. The van der Waals surface area contributed by atoms with E-state index < -0.39 is 0 Å². The van der Waals surface area contributed by atoms with Crippen molar-refractivity contribution >= 4 is 0 Å². The second-order valence-electron chi connectivity index (χ2n) is 1.63. The van der Waals surface area contributed by atoms with Crippen molar-refractivity contribution < 1.29 is 9.47 Å². The Morgan fingerprint density at radius 1 is 1.60 bits per heavy atom. The van der Waals surface area contributed by atoms with Crippen molar-refractivity contribution in [3.05, 3.63) is 12.2 Å². The lowest BCUT2D eigenvalue weighted by Gasteiger charge is -1.97. The Kier molecular flexibility index (Phi) is 7.46. The number of nitriles is 1. The van der Waals surface area contributed by atoms with Crippen molar-refractivity contribution in [1.29, 1.82) is 5.26 Å². The van der Waals surface area contributed by atoms with Crippen molar-refractivity contribution in [3.8, 4) is 6.07 Å². The first-order valence-electron chi connectivity index (χ1n) is 3.03. The van der Waals surface area contributed by atoms with Gasteiger partial charge in [-0.2, -0.15) is 5.26 Å². The number of rotatable bonds is 5. The quantitative estimate of drug-likeness (QED) is 0.327. The Morgan fingerprint density at radius 3 is 3.00 bits per heavy atom. The molecule has 3 heteroatoms. The molecule has 0 unspecified atom stereocenters.